The molecule has 0 atom stereocenters. The molecule has 0 amide bonds. The van der Waals surface area contributed by atoms with Crippen molar-refractivity contribution >= 4 is 7.32 Å². The van der Waals surface area contributed by atoms with Crippen LogP contribution < -0.4 is 0 Å². The van der Waals surface area contributed by atoms with Crippen LogP contribution in [-0.2, 0) is 76.7 Å². The van der Waals surface area contributed by atoms with Crippen molar-refractivity contribution in [1.82, 2.24) is 0 Å². The average Bonchev–Trinajstić information content (AvgIpc) is 1.75. The number of benzene rings is 2. The smallest absolute Gasteiger partial charge is 0.501 e. The van der Waals surface area contributed by atoms with Crippen LogP contribution in [0.1, 0.15) is 386 Å². The van der Waals surface area contributed by atoms with Gasteiger partial charge in [-0.15, -0.1) is 0 Å². The maximum absolute atomic E-state index is 9.31. The third-order valence-electron chi connectivity index (χ3n) is 21.3. The molecule has 3 spiro atoms. The van der Waals surface area contributed by atoms with Gasteiger partial charge < -0.3 is 75.9 Å². The molecule has 3 aliphatic carbocycles. The molecule has 3 saturated carbocycles. The molecule has 12 rings (SSSR count). The van der Waals surface area contributed by atoms with E-state index in [4.69, 9.17) is 70.9 Å². The molecular formula is C103H171BO16. The number of ether oxygens (including phenoxy) is 13. The fourth-order valence-electron chi connectivity index (χ4n) is 15.1. The fourth-order valence-corrected chi connectivity index (χ4v) is 15.1. The predicted molar refractivity (Wildman–Crippen MR) is 487 cm³/mol. The van der Waals surface area contributed by atoms with Gasteiger partial charge in [-0.3, -0.25) is 0 Å². The average molecular weight is 1680 g/mol. The van der Waals surface area contributed by atoms with Gasteiger partial charge in [0.25, 0.3) is 17.4 Å². The van der Waals surface area contributed by atoms with Gasteiger partial charge in [0.05, 0.1) is 6.61 Å². The van der Waals surface area contributed by atoms with Gasteiger partial charge in [-0.05, 0) is 39.0 Å². The molecule has 0 aromatic heterocycles. The van der Waals surface area contributed by atoms with E-state index < -0.39 is 19.6 Å². The van der Waals surface area contributed by atoms with Crippen LogP contribution in [0, 0.1) is 75.8 Å². The Morgan fingerprint density at radius 2 is 0.483 bits per heavy atom. The maximum Gasteiger partial charge on any atom is 0.785 e. The van der Waals surface area contributed by atoms with Crippen molar-refractivity contribution in [3.05, 3.63) is 152 Å². The summed E-state index contributed by atoms with van der Waals surface area (Å²) >= 11 is 0. The predicted octanol–water partition coefficient (Wildman–Crippen LogP) is 29.4. The largest absolute Gasteiger partial charge is 0.785 e. The second kappa shape index (κ2) is 36.8. The van der Waals surface area contributed by atoms with E-state index in [9.17, 15) is 5.02 Å². The zero-order valence-corrected chi connectivity index (χ0v) is 84.1. The number of allylic oxidation sites excluding steroid dienone is 14. The van der Waals surface area contributed by atoms with Crippen molar-refractivity contribution in [1.29, 1.82) is 0 Å². The van der Waals surface area contributed by atoms with Gasteiger partial charge in [-0.1, -0.05) is 358 Å². The third-order valence-corrected chi connectivity index (χ3v) is 21.3. The molecule has 2 aromatic carbocycles. The summed E-state index contributed by atoms with van der Waals surface area (Å²) < 4.78 is 89.8. The molecule has 10 aliphatic rings. The van der Waals surface area contributed by atoms with Crippen molar-refractivity contribution < 1.29 is 75.9 Å². The van der Waals surface area contributed by atoms with E-state index in [2.05, 4.69) is 274 Å². The van der Waals surface area contributed by atoms with Crippen LogP contribution in [0.15, 0.2) is 141 Å². The highest BCUT2D eigenvalue weighted by Crippen LogP contribution is 2.58. The van der Waals surface area contributed by atoms with Gasteiger partial charge in [-0.25, -0.2) is 0 Å². The van der Waals surface area contributed by atoms with Gasteiger partial charge >= 0.3 is 19.6 Å². The second-order valence-electron chi connectivity index (χ2n) is 48.8. The first kappa shape index (κ1) is 103. The highest BCUT2D eigenvalue weighted by atomic mass is 16.9. The minimum Gasteiger partial charge on any atom is -0.501 e. The van der Waals surface area contributed by atoms with E-state index in [1.807, 2.05) is 84.9 Å². The Bertz CT molecular complexity index is 3720. The molecule has 0 radical (unpaired) electrons. The van der Waals surface area contributed by atoms with Crippen LogP contribution in [-0.4, -0.2) is 56.0 Å². The number of rotatable bonds is 4. The van der Waals surface area contributed by atoms with Crippen LogP contribution >= 0.6 is 0 Å². The van der Waals surface area contributed by atoms with Gasteiger partial charge in [0, 0.05) is 125 Å². The van der Waals surface area contributed by atoms with Crippen LogP contribution in [0.25, 0.3) is 0 Å². The zero-order chi connectivity index (χ0) is 91.7. The maximum atomic E-state index is 9.31. The highest BCUT2D eigenvalue weighted by Gasteiger charge is 2.56. The quantitative estimate of drug-likeness (QED) is 0.288. The first-order valence-corrected chi connectivity index (χ1v) is 45.2. The monoisotopic (exact) mass is 1680 g/mol. The molecule has 0 bridgehead atoms. The topological polar surface area (TPSA) is 159 Å². The minimum absolute atomic E-state index is 0.0174. The molecule has 2 aromatic rings. The molecular weight excluding hydrogens is 1500 g/mol. The summed E-state index contributed by atoms with van der Waals surface area (Å²) in [7, 11) is -1.14. The lowest BCUT2D eigenvalue weighted by molar-refractivity contribution is -0.231. The molecule has 682 valence electrons. The minimum atomic E-state index is -1.14. The standard InChI is InChI=1S/C23H28O2.C16H28O2.C15H26O2.C14H24O2.C13H24O3.C12H22O2.C10H19BO3/c1-21(2,3)19-20(22(4,5)6)25-23(24-19,17-13-9-7-10-14-17)18-15-11-8-12-16-18;1-14(2,3)12-13(15(4,5)6)18-16(17-12)10-8-7-9-11-16;1-13(2,3)11-12(14(4,5)6)17-15(16-11)9-7-8-10-15;1-12(2,3)10-11(13(4,5)6)16-14(15-10)8-7-9-14;1-8-14-11-15-9(12(2,3)4)10(16-11)13(5,6)7;1-11(2,3)9-10(12(4,5)6)14-8-7-13-9;1-9(2,3)7-8(10(4,5)6)14-11(12)13-7/h7-16H,1-6H3;7-11H2,1-6H3;7-10H2,1-6H3;7-9H2,1-6H3;11H,8H2,1-7H3;7-8H2,1-6H3;12H,1-6H3. The summed E-state index contributed by atoms with van der Waals surface area (Å²) in [4.78, 5) is 0. The Balaban J connectivity index is 0.000000219. The summed E-state index contributed by atoms with van der Waals surface area (Å²) in [6, 6.07) is 20.4. The van der Waals surface area contributed by atoms with Crippen molar-refractivity contribution in [3.8, 4) is 0 Å². The van der Waals surface area contributed by atoms with Gasteiger partial charge in [0.15, 0.2) is 0 Å². The Hall–Kier alpha value is -6.20. The van der Waals surface area contributed by atoms with Crippen LogP contribution in [0.4, 0.5) is 0 Å². The molecule has 1 N–H and O–H groups in total. The first-order valence-electron chi connectivity index (χ1n) is 45.2. The van der Waals surface area contributed by atoms with Crippen molar-refractivity contribution in [2.24, 2.45) is 75.8 Å². The third kappa shape index (κ3) is 26.7. The summed E-state index contributed by atoms with van der Waals surface area (Å²) in [5.74, 6) is 11.6. The van der Waals surface area contributed by atoms with Crippen molar-refractivity contribution in [2.45, 2.75) is 404 Å². The lowest BCUT2D eigenvalue weighted by atomic mass is 9.84. The molecule has 7 heterocycles. The van der Waals surface area contributed by atoms with Gasteiger partial charge in [0.1, 0.15) is 93.8 Å². The number of hydrogen-bond donors (Lipinski definition) is 1. The molecule has 3 fully saturated rings. The van der Waals surface area contributed by atoms with Crippen LogP contribution in [0.2, 0.25) is 0 Å². The van der Waals surface area contributed by atoms with Gasteiger partial charge in [-0.2, -0.15) is 0 Å². The summed E-state index contributed by atoms with van der Waals surface area (Å²) in [5.41, 5.74) is 1.51. The SMILES string of the molecule is CC(C)(C)C1=C(C(C)(C)C)OB(O)O1.CC(C)(C)C1=C(C(C)(C)C)OC(c2ccccc2)(c2ccccc2)O1.CC(C)(C)C1=C(C(C)(C)C)OC2(CCC2)O1.CC(C)(C)C1=C(C(C)(C)C)OC2(CCCC2)O1.CC(C)(C)C1=C(C(C)(C)C)OC2(CCCCC2)O1.CC(C)(C)C1=C(C(C)(C)C)OCCO1.CCOC1OC(C(C)(C)C)=C(C(C)(C)C)O1. The first-order chi connectivity index (χ1) is 54.1. The van der Waals surface area contributed by atoms with E-state index in [-0.39, 0.29) is 93.2 Å². The van der Waals surface area contributed by atoms with E-state index in [1.165, 1.54) is 38.5 Å². The van der Waals surface area contributed by atoms with Crippen molar-refractivity contribution in [3.63, 3.8) is 0 Å². The van der Waals surface area contributed by atoms with E-state index in [1.54, 1.807) is 0 Å². The van der Waals surface area contributed by atoms with Crippen LogP contribution in [0.5, 0.6) is 0 Å². The zero-order valence-electron chi connectivity index (χ0n) is 84.1. The van der Waals surface area contributed by atoms with Gasteiger partial charge in [0.2, 0.25) is 0 Å². The van der Waals surface area contributed by atoms with E-state index in [0.717, 1.165) is 130 Å². The van der Waals surface area contributed by atoms with Crippen molar-refractivity contribution in [2.75, 3.05) is 19.8 Å². The van der Waals surface area contributed by atoms with E-state index in [0.29, 0.717) is 19.8 Å². The van der Waals surface area contributed by atoms with E-state index >= 15 is 0 Å². The normalized spacial score (nSPS) is 20.7. The molecule has 7 aliphatic heterocycles. The Morgan fingerprint density at radius 3 is 0.683 bits per heavy atom. The Kier molecular flexibility index (Phi) is 31.4. The molecule has 16 nitrogen and oxygen atoms in total. The second-order valence-corrected chi connectivity index (χ2v) is 48.8. The summed E-state index contributed by atoms with van der Waals surface area (Å²) in [6.45, 7) is 93.7. The number of hydrogen-bond acceptors (Lipinski definition) is 16. The lowest BCUT2D eigenvalue weighted by Crippen LogP contribution is -2.39. The Morgan fingerprint density at radius 1 is 0.275 bits per heavy atom. The fraction of sp³-hybridized carbons (Fsp3) is 0.748. The Labute approximate surface area is 731 Å². The molecule has 120 heavy (non-hydrogen) atoms. The highest BCUT2D eigenvalue weighted by molar-refractivity contribution is 6.36. The lowest BCUT2D eigenvalue weighted by Gasteiger charge is -2.38. The van der Waals surface area contributed by atoms with Crippen LogP contribution in [0.3, 0.4) is 0 Å². The molecule has 0 unspecified atom stereocenters. The molecule has 17 heteroatoms. The molecule has 0 saturated heterocycles. The summed E-state index contributed by atoms with van der Waals surface area (Å²) in [5, 5.41) is 9.31. The summed E-state index contributed by atoms with van der Waals surface area (Å²) in [6.07, 6.45) is 13.6.